The number of hydrogen-bond donors (Lipinski definition) is 4. The number of fused-ring (bicyclic) bond motifs is 1. The van der Waals surface area contributed by atoms with Crippen molar-refractivity contribution in [3.05, 3.63) is 33.3 Å². The van der Waals surface area contributed by atoms with Crippen molar-refractivity contribution in [3.8, 4) is 5.75 Å². The molecule has 1 aliphatic rings. The highest BCUT2D eigenvalue weighted by atomic mass is 35.5. The van der Waals surface area contributed by atoms with Gasteiger partial charge < -0.3 is 25.8 Å². The summed E-state index contributed by atoms with van der Waals surface area (Å²) >= 11 is 11.8. The number of carbonyl (C=O) groups excluding carboxylic acids is 2. The number of guanidine groups is 1. The van der Waals surface area contributed by atoms with Crippen LogP contribution in [0, 0.1) is 5.41 Å². The highest BCUT2D eigenvalue weighted by molar-refractivity contribution is 6.36. The highest BCUT2D eigenvalue weighted by Gasteiger charge is 2.49. The van der Waals surface area contributed by atoms with E-state index >= 15 is 0 Å². The third kappa shape index (κ3) is 6.41. The molecule has 31 heavy (non-hydrogen) atoms. The monoisotopic (exact) mass is 482 g/mol. The van der Waals surface area contributed by atoms with Gasteiger partial charge in [0.05, 0.1) is 17.7 Å². The van der Waals surface area contributed by atoms with Gasteiger partial charge in [0.1, 0.15) is 11.8 Å². The Bertz CT molecular complexity index is 909. The number of carbonyl (C=O) groups is 2. The first kappa shape index (κ1) is 24.6. The third-order valence-electron chi connectivity index (χ3n) is 4.20. The molecule has 0 saturated carbocycles. The summed E-state index contributed by atoms with van der Waals surface area (Å²) in [7, 11) is 1.08. The molecular weight excluding hydrogens is 464 g/mol. The number of nitrogens with one attached hydrogen (secondary N) is 3. The average molecular weight is 483 g/mol. The zero-order valence-corrected chi connectivity index (χ0v) is 17.6. The van der Waals surface area contributed by atoms with E-state index in [-0.39, 0.29) is 46.7 Å². The van der Waals surface area contributed by atoms with Crippen molar-refractivity contribution in [2.75, 3.05) is 13.7 Å². The zero-order valence-electron chi connectivity index (χ0n) is 16.1. The van der Waals surface area contributed by atoms with Crippen molar-refractivity contribution in [2.45, 2.75) is 31.2 Å². The normalized spacial score (nSPS) is 16.3. The standard InChI is InChI=1S/C18H19Cl2F3N4O4/c1-30-16(29)12(3-2-4-26-17(24)25)27-15(28)10-6-8-5-9(19)7-11(20)13(8)31-14(10)18(21,22)23/h5-7,12,14H,2-4H2,1H3,(H,27,28)(H4,24,25,26)/t12-,14?/m0/s1. The minimum Gasteiger partial charge on any atom is -0.474 e. The van der Waals surface area contributed by atoms with Gasteiger partial charge in [-0.15, -0.1) is 0 Å². The lowest BCUT2D eigenvalue weighted by Gasteiger charge is -2.29. The van der Waals surface area contributed by atoms with E-state index in [0.29, 0.717) is 0 Å². The Hall–Kier alpha value is -2.66. The van der Waals surface area contributed by atoms with Gasteiger partial charge in [0.15, 0.2) is 5.96 Å². The lowest BCUT2D eigenvalue weighted by molar-refractivity contribution is -0.185. The number of rotatable bonds is 7. The molecule has 0 saturated heterocycles. The zero-order chi connectivity index (χ0) is 23.3. The first-order valence-electron chi connectivity index (χ1n) is 8.84. The number of hydrogen-bond acceptors (Lipinski definition) is 5. The summed E-state index contributed by atoms with van der Waals surface area (Å²) in [6.45, 7) is 0.208. The Morgan fingerprint density at radius 1 is 1.35 bits per heavy atom. The molecule has 0 aliphatic carbocycles. The lowest BCUT2D eigenvalue weighted by Crippen LogP contribution is -2.48. The highest BCUT2D eigenvalue weighted by Crippen LogP contribution is 2.42. The third-order valence-corrected chi connectivity index (χ3v) is 4.70. The number of nitrogens with two attached hydrogens (primary N) is 1. The molecule has 1 heterocycles. The summed E-state index contributed by atoms with van der Waals surface area (Å²) in [5.74, 6) is -2.56. The molecule has 0 fully saturated rings. The Balaban J connectivity index is 2.30. The molecule has 1 unspecified atom stereocenters. The fourth-order valence-electron chi connectivity index (χ4n) is 2.83. The Labute approximate surface area is 185 Å². The molecule has 1 amide bonds. The molecule has 0 radical (unpaired) electrons. The quantitative estimate of drug-likeness (QED) is 0.205. The molecular formula is C18H19Cl2F3N4O4. The second-order valence-electron chi connectivity index (χ2n) is 6.48. The van der Waals surface area contributed by atoms with Gasteiger partial charge in [0, 0.05) is 17.1 Å². The van der Waals surface area contributed by atoms with E-state index in [1.54, 1.807) is 0 Å². The maximum absolute atomic E-state index is 13.6. The predicted octanol–water partition coefficient (Wildman–Crippen LogP) is 2.62. The van der Waals surface area contributed by atoms with Crippen LogP contribution in [-0.2, 0) is 14.3 Å². The Morgan fingerprint density at radius 3 is 2.61 bits per heavy atom. The first-order chi connectivity index (χ1) is 14.4. The predicted molar refractivity (Wildman–Crippen MR) is 108 cm³/mol. The number of alkyl halides is 3. The summed E-state index contributed by atoms with van der Waals surface area (Å²) in [5.41, 5.74) is 4.47. The van der Waals surface area contributed by atoms with Gasteiger partial charge in [0.2, 0.25) is 6.10 Å². The molecule has 1 aromatic carbocycles. The van der Waals surface area contributed by atoms with Gasteiger partial charge in [-0.1, -0.05) is 23.2 Å². The molecule has 2 rings (SSSR count). The van der Waals surface area contributed by atoms with E-state index in [1.807, 2.05) is 0 Å². The number of esters is 1. The van der Waals surface area contributed by atoms with Gasteiger partial charge in [0.25, 0.3) is 5.91 Å². The Morgan fingerprint density at radius 2 is 2.03 bits per heavy atom. The number of ether oxygens (including phenoxy) is 2. The van der Waals surface area contributed by atoms with Crippen LogP contribution in [-0.4, -0.2) is 49.8 Å². The first-order valence-corrected chi connectivity index (χ1v) is 9.60. The van der Waals surface area contributed by atoms with Crippen molar-refractivity contribution >= 4 is 47.1 Å². The van der Waals surface area contributed by atoms with Crippen molar-refractivity contribution in [3.63, 3.8) is 0 Å². The molecule has 1 aromatic rings. The summed E-state index contributed by atoms with van der Waals surface area (Å²) in [5, 5.41) is 11.8. The summed E-state index contributed by atoms with van der Waals surface area (Å²) in [6, 6.07) is 1.29. The molecule has 1 aliphatic heterocycles. The van der Waals surface area contributed by atoms with E-state index in [2.05, 4.69) is 15.4 Å². The molecule has 13 heteroatoms. The summed E-state index contributed by atoms with van der Waals surface area (Å²) < 4.78 is 50.4. The molecule has 8 nitrogen and oxygen atoms in total. The molecule has 5 N–H and O–H groups in total. The van der Waals surface area contributed by atoms with Gasteiger partial charge in [-0.3, -0.25) is 10.2 Å². The van der Waals surface area contributed by atoms with Gasteiger partial charge >= 0.3 is 12.1 Å². The minimum absolute atomic E-state index is 0.0256. The lowest BCUT2D eigenvalue weighted by atomic mass is 9.99. The number of amides is 1. The summed E-state index contributed by atoms with van der Waals surface area (Å²) in [6.07, 6.45) is -6.27. The SMILES string of the molecule is COC(=O)[C@H](CCCNC(=N)N)NC(=O)C1=Cc2cc(Cl)cc(Cl)c2OC1C(F)(F)F. The second kappa shape index (κ2) is 10.1. The maximum Gasteiger partial charge on any atom is 0.429 e. The van der Waals surface area contributed by atoms with Crippen LogP contribution in [0.5, 0.6) is 5.75 Å². The van der Waals surface area contributed by atoms with Crippen LogP contribution >= 0.6 is 23.2 Å². The fourth-order valence-corrected chi connectivity index (χ4v) is 3.38. The molecule has 2 atom stereocenters. The van der Waals surface area contributed by atoms with Gasteiger partial charge in [-0.25, -0.2) is 4.79 Å². The minimum atomic E-state index is -4.93. The molecule has 0 spiro atoms. The topological polar surface area (TPSA) is 127 Å². The van der Waals surface area contributed by atoms with Crippen LogP contribution in [0.3, 0.4) is 0 Å². The van der Waals surface area contributed by atoms with Crippen LogP contribution in [0.1, 0.15) is 18.4 Å². The van der Waals surface area contributed by atoms with Crippen molar-refractivity contribution in [2.24, 2.45) is 5.73 Å². The molecule has 0 aromatic heterocycles. The van der Waals surface area contributed by atoms with E-state index < -0.39 is 35.8 Å². The number of halogens is 5. The van der Waals surface area contributed by atoms with Crippen LogP contribution in [0.4, 0.5) is 13.2 Å². The van der Waals surface area contributed by atoms with E-state index in [9.17, 15) is 22.8 Å². The molecule has 170 valence electrons. The number of methoxy groups -OCH3 is 1. The second-order valence-corrected chi connectivity index (χ2v) is 7.32. The average Bonchev–Trinajstić information content (AvgIpc) is 2.67. The van der Waals surface area contributed by atoms with Crippen molar-refractivity contribution < 1.29 is 32.2 Å². The summed E-state index contributed by atoms with van der Waals surface area (Å²) in [4.78, 5) is 24.7. The Kier molecular flexibility index (Phi) is 8.02. The smallest absolute Gasteiger partial charge is 0.429 e. The van der Waals surface area contributed by atoms with Crippen LogP contribution < -0.4 is 21.1 Å². The van der Waals surface area contributed by atoms with E-state index in [1.165, 1.54) is 12.1 Å². The van der Waals surface area contributed by atoms with Crippen LogP contribution in [0.15, 0.2) is 17.7 Å². The largest absolute Gasteiger partial charge is 0.474 e. The fraction of sp³-hybridized carbons (Fsp3) is 0.389. The van der Waals surface area contributed by atoms with Crippen molar-refractivity contribution in [1.82, 2.24) is 10.6 Å². The molecule has 0 bridgehead atoms. The van der Waals surface area contributed by atoms with E-state index in [0.717, 1.165) is 13.2 Å². The van der Waals surface area contributed by atoms with Crippen LogP contribution in [0.25, 0.3) is 6.08 Å². The van der Waals surface area contributed by atoms with Crippen molar-refractivity contribution in [1.29, 1.82) is 5.41 Å². The van der Waals surface area contributed by atoms with Gasteiger partial charge in [-0.2, -0.15) is 13.2 Å². The van der Waals surface area contributed by atoms with E-state index in [4.69, 9.17) is 39.1 Å². The maximum atomic E-state index is 13.6. The number of benzene rings is 1. The van der Waals surface area contributed by atoms with Gasteiger partial charge in [-0.05, 0) is 31.1 Å². The van der Waals surface area contributed by atoms with Crippen LogP contribution in [0.2, 0.25) is 10.0 Å².